The first-order valence-corrected chi connectivity index (χ1v) is 7.71. The Morgan fingerprint density at radius 1 is 1.30 bits per heavy atom. The van der Waals surface area contributed by atoms with Crippen LogP contribution in [0, 0.1) is 5.92 Å². The lowest BCUT2D eigenvalue weighted by Gasteiger charge is -2.30. The van der Waals surface area contributed by atoms with Crippen molar-refractivity contribution in [1.82, 2.24) is 10.2 Å². The zero-order valence-corrected chi connectivity index (χ0v) is 13.0. The van der Waals surface area contributed by atoms with Gasteiger partial charge in [-0.3, -0.25) is 4.90 Å². The maximum atomic E-state index is 5.25. The highest BCUT2D eigenvalue weighted by atomic mass is 16.5. The van der Waals surface area contributed by atoms with E-state index < -0.39 is 0 Å². The van der Waals surface area contributed by atoms with Crippen molar-refractivity contribution in [2.45, 2.75) is 31.8 Å². The molecule has 0 aliphatic heterocycles. The van der Waals surface area contributed by atoms with E-state index in [4.69, 9.17) is 4.74 Å². The van der Waals surface area contributed by atoms with Gasteiger partial charge in [-0.25, -0.2) is 0 Å². The van der Waals surface area contributed by atoms with Crippen molar-refractivity contribution in [2.75, 3.05) is 33.9 Å². The van der Waals surface area contributed by atoms with Crippen LogP contribution in [0.3, 0.4) is 0 Å². The van der Waals surface area contributed by atoms with Crippen LogP contribution in [-0.4, -0.2) is 44.8 Å². The topological polar surface area (TPSA) is 24.5 Å². The third-order valence-electron chi connectivity index (χ3n) is 4.21. The largest absolute Gasteiger partial charge is 0.383 e. The molecule has 0 aromatic heterocycles. The van der Waals surface area contributed by atoms with Gasteiger partial charge in [0.05, 0.1) is 6.61 Å². The van der Waals surface area contributed by atoms with Crippen molar-refractivity contribution in [3.63, 3.8) is 0 Å². The molecule has 2 atom stereocenters. The summed E-state index contributed by atoms with van der Waals surface area (Å²) in [6.45, 7) is 5.36. The molecule has 1 saturated carbocycles. The quantitative estimate of drug-likeness (QED) is 0.750. The Morgan fingerprint density at radius 2 is 2.00 bits per heavy atom. The predicted octanol–water partition coefficient (Wildman–Crippen LogP) is 2.69. The van der Waals surface area contributed by atoms with Gasteiger partial charge in [-0.1, -0.05) is 37.3 Å². The molecule has 1 fully saturated rings. The van der Waals surface area contributed by atoms with Crippen LogP contribution in [0.1, 0.15) is 31.4 Å². The third-order valence-corrected chi connectivity index (χ3v) is 4.21. The van der Waals surface area contributed by atoms with Crippen LogP contribution >= 0.6 is 0 Å². The molecule has 1 N–H and O–H groups in total. The monoisotopic (exact) mass is 276 g/mol. The second-order valence-corrected chi connectivity index (χ2v) is 5.87. The highest BCUT2D eigenvalue weighted by Gasteiger charge is 2.31. The molecule has 1 aliphatic rings. The Bertz CT molecular complexity index is 378. The van der Waals surface area contributed by atoms with Crippen molar-refractivity contribution in [2.24, 2.45) is 5.92 Å². The minimum atomic E-state index is 0.417. The molecule has 0 heterocycles. The van der Waals surface area contributed by atoms with Crippen molar-refractivity contribution in [3.05, 3.63) is 35.9 Å². The normalized spacial score (nSPS) is 18.2. The molecular weight excluding hydrogens is 248 g/mol. The molecule has 0 bridgehead atoms. The van der Waals surface area contributed by atoms with Gasteiger partial charge >= 0.3 is 0 Å². The Morgan fingerprint density at radius 3 is 2.55 bits per heavy atom. The number of nitrogens with zero attached hydrogens (tertiary/aromatic N) is 1. The molecule has 3 nitrogen and oxygen atoms in total. The van der Waals surface area contributed by atoms with Crippen molar-refractivity contribution in [1.29, 1.82) is 0 Å². The fourth-order valence-corrected chi connectivity index (χ4v) is 2.99. The Balaban J connectivity index is 1.95. The maximum absolute atomic E-state index is 5.25. The van der Waals surface area contributed by atoms with Gasteiger partial charge < -0.3 is 10.1 Å². The van der Waals surface area contributed by atoms with Crippen LogP contribution < -0.4 is 5.32 Å². The lowest BCUT2D eigenvalue weighted by molar-refractivity contribution is 0.128. The molecule has 2 rings (SSSR count). The van der Waals surface area contributed by atoms with Crippen LogP contribution in [0.5, 0.6) is 0 Å². The Hall–Kier alpha value is -0.900. The summed E-state index contributed by atoms with van der Waals surface area (Å²) < 4.78 is 5.25. The average molecular weight is 276 g/mol. The summed E-state index contributed by atoms with van der Waals surface area (Å²) in [4.78, 5) is 2.60. The van der Waals surface area contributed by atoms with Gasteiger partial charge in [0.25, 0.3) is 0 Å². The Labute approximate surface area is 123 Å². The second-order valence-electron chi connectivity index (χ2n) is 5.87. The lowest BCUT2D eigenvalue weighted by Crippen LogP contribution is -2.37. The first kappa shape index (κ1) is 15.5. The van der Waals surface area contributed by atoms with E-state index in [1.54, 1.807) is 7.11 Å². The van der Waals surface area contributed by atoms with Crippen LogP contribution in [0.15, 0.2) is 30.3 Å². The molecule has 0 amide bonds. The molecule has 1 aliphatic carbocycles. The number of nitrogens with one attached hydrogen (secondary N) is 1. The fraction of sp³-hybridized carbons (Fsp3) is 0.647. The summed E-state index contributed by atoms with van der Waals surface area (Å²) >= 11 is 0. The third kappa shape index (κ3) is 4.30. The van der Waals surface area contributed by atoms with E-state index in [0.717, 1.165) is 25.7 Å². The van der Waals surface area contributed by atoms with E-state index in [1.165, 1.54) is 18.4 Å². The molecule has 20 heavy (non-hydrogen) atoms. The summed E-state index contributed by atoms with van der Waals surface area (Å²) in [5, 5.41) is 3.48. The van der Waals surface area contributed by atoms with E-state index in [0.29, 0.717) is 12.0 Å². The standard InChI is InChI=1S/C17H28N2O/c1-14(13-19(11-12-20-3)16-9-10-16)17(18-2)15-7-5-4-6-8-15/h4-8,14,16-18H,9-13H2,1-3H3. The van der Waals surface area contributed by atoms with E-state index in [1.807, 2.05) is 0 Å². The molecule has 3 heteroatoms. The van der Waals surface area contributed by atoms with Crippen LogP contribution in [0.2, 0.25) is 0 Å². The zero-order valence-electron chi connectivity index (χ0n) is 13.0. The summed E-state index contributed by atoms with van der Waals surface area (Å²) in [5.41, 5.74) is 1.38. The van der Waals surface area contributed by atoms with Crippen molar-refractivity contribution in [3.8, 4) is 0 Å². The van der Waals surface area contributed by atoms with Gasteiger partial charge in [0, 0.05) is 32.3 Å². The smallest absolute Gasteiger partial charge is 0.0589 e. The molecule has 1 aromatic carbocycles. The first-order valence-electron chi connectivity index (χ1n) is 7.71. The maximum Gasteiger partial charge on any atom is 0.0589 e. The number of rotatable bonds is 9. The van der Waals surface area contributed by atoms with E-state index in [-0.39, 0.29) is 0 Å². The summed E-state index contributed by atoms with van der Waals surface area (Å²) in [6, 6.07) is 12.0. The van der Waals surface area contributed by atoms with Gasteiger partial charge in [-0.15, -0.1) is 0 Å². The number of hydrogen-bond donors (Lipinski definition) is 1. The van der Waals surface area contributed by atoms with E-state index in [9.17, 15) is 0 Å². The summed E-state index contributed by atoms with van der Waals surface area (Å²) in [6.07, 6.45) is 2.71. The predicted molar refractivity (Wildman–Crippen MR) is 83.9 cm³/mol. The van der Waals surface area contributed by atoms with Crippen molar-refractivity contribution < 1.29 is 4.74 Å². The average Bonchev–Trinajstić information content (AvgIpc) is 3.30. The molecule has 112 valence electrons. The summed E-state index contributed by atoms with van der Waals surface area (Å²) in [7, 11) is 3.85. The molecule has 2 unspecified atom stereocenters. The van der Waals surface area contributed by atoms with Gasteiger partial charge in [-0.2, -0.15) is 0 Å². The lowest BCUT2D eigenvalue weighted by atomic mass is 9.94. The summed E-state index contributed by atoms with van der Waals surface area (Å²) in [5.74, 6) is 0.583. The zero-order chi connectivity index (χ0) is 14.4. The second kappa shape index (κ2) is 7.77. The minimum Gasteiger partial charge on any atom is -0.383 e. The molecule has 0 saturated heterocycles. The molecule has 0 radical (unpaired) electrons. The molecular formula is C17H28N2O. The molecule has 0 spiro atoms. The van der Waals surface area contributed by atoms with Gasteiger partial charge in [0.2, 0.25) is 0 Å². The number of ether oxygens (including phenoxy) is 1. The van der Waals surface area contributed by atoms with Crippen LogP contribution in [0.4, 0.5) is 0 Å². The Kier molecular flexibility index (Phi) is 6.02. The van der Waals surface area contributed by atoms with E-state index in [2.05, 4.69) is 54.5 Å². The van der Waals surface area contributed by atoms with Crippen molar-refractivity contribution >= 4 is 0 Å². The van der Waals surface area contributed by atoms with E-state index >= 15 is 0 Å². The van der Waals surface area contributed by atoms with Crippen LogP contribution in [0.25, 0.3) is 0 Å². The first-order chi connectivity index (χ1) is 9.76. The van der Waals surface area contributed by atoms with Gasteiger partial charge in [0.15, 0.2) is 0 Å². The number of benzene rings is 1. The number of methoxy groups -OCH3 is 1. The minimum absolute atomic E-state index is 0.417. The highest BCUT2D eigenvalue weighted by molar-refractivity contribution is 5.19. The van der Waals surface area contributed by atoms with Gasteiger partial charge in [0.1, 0.15) is 0 Å². The van der Waals surface area contributed by atoms with Gasteiger partial charge in [-0.05, 0) is 31.4 Å². The molecule has 1 aromatic rings. The number of hydrogen-bond acceptors (Lipinski definition) is 3. The SMILES string of the molecule is CNC(c1ccccc1)C(C)CN(CCOC)C1CC1. The fourth-order valence-electron chi connectivity index (χ4n) is 2.99. The van der Waals surface area contributed by atoms with Crippen LogP contribution in [-0.2, 0) is 4.74 Å². The highest BCUT2D eigenvalue weighted by Crippen LogP contribution is 2.30.